The van der Waals surface area contributed by atoms with E-state index >= 15 is 0 Å². The molecule has 1 amide bonds. The Bertz CT molecular complexity index is 814. The maximum atomic E-state index is 12.1. The molecule has 6 heteroatoms. The Morgan fingerprint density at radius 3 is 2.83 bits per heavy atom. The first-order valence-electron chi connectivity index (χ1n) is 7.92. The van der Waals surface area contributed by atoms with Crippen LogP contribution < -0.4 is 5.32 Å². The number of hydrogen-bond acceptors (Lipinski definition) is 4. The van der Waals surface area contributed by atoms with Crippen LogP contribution in [-0.2, 0) is 11.3 Å². The van der Waals surface area contributed by atoms with Crippen molar-refractivity contribution in [3.63, 3.8) is 0 Å². The van der Waals surface area contributed by atoms with E-state index < -0.39 is 0 Å². The van der Waals surface area contributed by atoms with Crippen LogP contribution in [0.15, 0.2) is 48.5 Å². The van der Waals surface area contributed by atoms with Gasteiger partial charge < -0.3 is 10.1 Å². The van der Waals surface area contributed by atoms with Gasteiger partial charge in [0.25, 0.3) is 5.91 Å². The molecule has 0 spiro atoms. The summed E-state index contributed by atoms with van der Waals surface area (Å²) in [4.78, 5) is 12.1. The maximum Gasteiger partial charge on any atom is 0.251 e. The second-order valence-electron chi connectivity index (χ2n) is 5.54. The van der Waals surface area contributed by atoms with Crippen molar-refractivity contribution in [2.45, 2.75) is 13.0 Å². The number of ether oxygens (including phenoxy) is 1. The Balaban J connectivity index is 1.72. The average molecular weight is 324 g/mol. The monoisotopic (exact) mass is 324 g/mol. The largest absolute Gasteiger partial charge is 0.385 e. The van der Waals surface area contributed by atoms with Gasteiger partial charge in [0.1, 0.15) is 5.52 Å². The van der Waals surface area contributed by atoms with E-state index in [1.165, 1.54) is 0 Å². The number of benzene rings is 2. The van der Waals surface area contributed by atoms with E-state index in [0.717, 1.165) is 23.0 Å². The molecule has 1 N–H and O–H groups in total. The number of carbonyl (C=O) groups excluding carboxylic acids is 1. The van der Waals surface area contributed by atoms with Gasteiger partial charge in [0.15, 0.2) is 0 Å². The molecule has 0 unspecified atom stereocenters. The molecule has 124 valence electrons. The highest BCUT2D eigenvalue weighted by Crippen LogP contribution is 2.15. The second-order valence-corrected chi connectivity index (χ2v) is 5.54. The molecule has 6 nitrogen and oxygen atoms in total. The second kappa shape index (κ2) is 7.70. The van der Waals surface area contributed by atoms with Crippen molar-refractivity contribution in [1.29, 1.82) is 0 Å². The standard InChI is InChI=1S/C18H20N4O2/c1-24-11-5-10-19-18(23)15-8-9-17-16(12-15)20-21-22(17)13-14-6-3-2-4-7-14/h2-4,6-9,12H,5,10-11,13H2,1H3,(H,19,23). The number of amides is 1. The van der Waals surface area contributed by atoms with Gasteiger partial charge in [-0.15, -0.1) is 5.10 Å². The predicted octanol–water partition coefficient (Wildman–Crippen LogP) is 2.25. The maximum absolute atomic E-state index is 12.1. The lowest BCUT2D eigenvalue weighted by Gasteiger charge is -2.05. The molecule has 3 rings (SSSR count). The van der Waals surface area contributed by atoms with Crippen LogP contribution in [0.25, 0.3) is 11.0 Å². The van der Waals surface area contributed by atoms with Crippen LogP contribution in [0.3, 0.4) is 0 Å². The van der Waals surface area contributed by atoms with Crippen LogP contribution in [0.1, 0.15) is 22.3 Å². The normalized spacial score (nSPS) is 10.9. The third kappa shape index (κ3) is 3.78. The zero-order valence-corrected chi connectivity index (χ0v) is 13.6. The smallest absolute Gasteiger partial charge is 0.251 e. The fourth-order valence-electron chi connectivity index (χ4n) is 2.51. The zero-order valence-electron chi connectivity index (χ0n) is 13.6. The number of fused-ring (bicyclic) bond motifs is 1. The molecule has 0 aliphatic heterocycles. The number of nitrogens with zero attached hydrogens (tertiary/aromatic N) is 3. The summed E-state index contributed by atoms with van der Waals surface area (Å²) in [5.74, 6) is -0.106. The van der Waals surface area contributed by atoms with Gasteiger partial charge in [-0.3, -0.25) is 4.79 Å². The lowest BCUT2D eigenvalue weighted by Crippen LogP contribution is -2.25. The molecule has 0 fully saturated rings. The third-order valence-electron chi connectivity index (χ3n) is 3.76. The summed E-state index contributed by atoms with van der Waals surface area (Å²) < 4.78 is 6.80. The number of carbonyl (C=O) groups is 1. The van der Waals surface area contributed by atoms with E-state index in [4.69, 9.17) is 4.74 Å². The van der Waals surface area contributed by atoms with Crippen LogP contribution in [0.2, 0.25) is 0 Å². The highest BCUT2D eigenvalue weighted by Gasteiger charge is 2.10. The Morgan fingerprint density at radius 1 is 1.21 bits per heavy atom. The van der Waals surface area contributed by atoms with E-state index in [2.05, 4.69) is 27.8 Å². The summed E-state index contributed by atoms with van der Waals surface area (Å²) >= 11 is 0. The van der Waals surface area contributed by atoms with E-state index in [-0.39, 0.29) is 5.91 Å². The van der Waals surface area contributed by atoms with Gasteiger partial charge in [-0.2, -0.15) is 0 Å². The minimum absolute atomic E-state index is 0.106. The summed E-state index contributed by atoms with van der Waals surface area (Å²) in [7, 11) is 1.65. The molecule has 24 heavy (non-hydrogen) atoms. The van der Waals surface area contributed by atoms with Gasteiger partial charge in [0.05, 0.1) is 12.1 Å². The molecule has 0 saturated carbocycles. The van der Waals surface area contributed by atoms with Crippen LogP contribution in [0.5, 0.6) is 0 Å². The zero-order chi connectivity index (χ0) is 16.8. The van der Waals surface area contributed by atoms with Gasteiger partial charge >= 0.3 is 0 Å². The summed E-state index contributed by atoms with van der Waals surface area (Å²) in [5.41, 5.74) is 3.38. The summed E-state index contributed by atoms with van der Waals surface area (Å²) in [6, 6.07) is 15.6. The Kier molecular flexibility index (Phi) is 5.18. The topological polar surface area (TPSA) is 69.0 Å². The molecule has 0 saturated heterocycles. The van der Waals surface area contributed by atoms with Crippen molar-refractivity contribution in [3.8, 4) is 0 Å². The first-order chi connectivity index (χ1) is 11.8. The number of hydrogen-bond donors (Lipinski definition) is 1. The molecule has 1 aromatic heterocycles. The fourth-order valence-corrected chi connectivity index (χ4v) is 2.51. The summed E-state index contributed by atoms with van der Waals surface area (Å²) in [6.07, 6.45) is 0.789. The Labute approximate surface area is 140 Å². The lowest BCUT2D eigenvalue weighted by molar-refractivity contribution is 0.0948. The van der Waals surface area contributed by atoms with Gasteiger partial charge in [-0.05, 0) is 30.2 Å². The van der Waals surface area contributed by atoms with Crippen molar-refractivity contribution >= 4 is 16.9 Å². The fraction of sp³-hybridized carbons (Fsp3) is 0.278. The molecule has 0 atom stereocenters. The number of aromatic nitrogens is 3. The first kappa shape index (κ1) is 16.1. The quantitative estimate of drug-likeness (QED) is 0.677. The van der Waals surface area contributed by atoms with Crippen molar-refractivity contribution in [2.75, 3.05) is 20.3 Å². The van der Waals surface area contributed by atoms with Gasteiger partial charge in [0.2, 0.25) is 0 Å². The van der Waals surface area contributed by atoms with Crippen LogP contribution in [-0.4, -0.2) is 41.2 Å². The van der Waals surface area contributed by atoms with E-state index in [9.17, 15) is 4.79 Å². The number of rotatable bonds is 7. The van der Waals surface area contributed by atoms with Gasteiger partial charge in [-0.25, -0.2) is 4.68 Å². The molecule has 0 aliphatic rings. The van der Waals surface area contributed by atoms with Crippen molar-refractivity contribution in [2.24, 2.45) is 0 Å². The lowest BCUT2D eigenvalue weighted by atomic mass is 10.1. The van der Waals surface area contributed by atoms with Gasteiger partial charge in [0, 0.05) is 25.8 Å². The Hall–Kier alpha value is -2.73. The van der Waals surface area contributed by atoms with E-state index in [1.807, 2.05) is 28.9 Å². The summed E-state index contributed by atoms with van der Waals surface area (Å²) in [5, 5.41) is 11.2. The van der Waals surface area contributed by atoms with Crippen molar-refractivity contribution in [3.05, 3.63) is 59.7 Å². The predicted molar refractivity (Wildman–Crippen MR) is 91.9 cm³/mol. The average Bonchev–Trinajstić information content (AvgIpc) is 3.01. The highest BCUT2D eigenvalue weighted by atomic mass is 16.5. The molecular formula is C18H20N4O2. The highest BCUT2D eigenvalue weighted by molar-refractivity contribution is 5.97. The molecule has 1 heterocycles. The minimum Gasteiger partial charge on any atom is -0.385 e. The third-order valence-corrected chi connectivity index (χ3v) is 3.76. The van der Waals surface area contributed by atoms with Crippen LogP contribution in [0, 0.1) is 0 Å². The SMILES string of the molecule is COCCCNC(=O)c1ccc2c(c1)nnn2Cc1ccccc1. The van der Waals surface area contributed by atoms with Crippen molar-refractivity contribution < 1.29 is 9.53 Å². The van der Waals surface area contributed by atoms with E-state index in [1.54, 1.807) is 19.2 Å². The van der Waals surface area contributed by atoms with Crippen molar-refractivity contribution in [1.82, 2.24) is 20.3 Å². The summed E-state index contributed by atoms with van der Waals surface area (Å²) in [6.45, 7) is 1.87. The molecule has 2 aromatic carbocycles. The first-order valence-corrected chi connectivity index (χ1v) is 7.92. The van der Waals surface area contributed by atoms with Crippen LogP contribution in [0.4, 0.5) is 0 Å². The molecule has 0 radical (unpaired) electrons. The number of methoxy groups -OCH3 is 1. The van der Waals surface area contributed by atoms with Gasteiger partial charge in [-0.1, -0.05) is 35.5 Å². The number of nitrogens with one attached hydrogen (secondary N) is 1. The molecule has 0 bridgehead atoms. The molecular weight excluding hydrogens is 304 g/mol. The molecule has 0 aliphatic carbocycles. The molecule has 3 aromatic rings. The minimum atomic E-state index is -0.106. The van der Waals surface area contributed by atoms with E-state index in [0.29, 0.717) is 25.3 Å². The van der Waals surface area contributed by atoms with Crippen LogP contribution >= 0.6 is 0 Å². The Morgan fingerprint density at radius 2 is 2.04 bits per heavy atom.